The van der Waals surface area contributed by atoms with E-state index >= 15 is 0 Å². The molecule has 0 unspecified atom stereocenters. The fraction of sp³-hybridized carbons (Fsp3) is 0.0769. The Hall–Kier alpha value is -0.950. The monoisotopic (exact) mass is 409 g/mol. The highest BCUT2D eigenvalue weighted by Gasteiger charge is 2.16. The van der Waals surface area contributed by atoms with E-state index < -0.39 is 10.0 Å². The highest BCUT2D eigenvalue weighted by atomic mass is 79.9. The molecule has 0 saturated heterocycles. The number of anilines is 1. The lowest BCUT2D eigenvalue weighted by Gasteiger charge is -2.10. The summed E-state index contributed by atoms with van der Waals surface area (Å²) in [6.45, 7) is 0. The molecule has 0 aliphatic carbocycles. The minimum Gasteiger partial charge on any atom is -0.495 e. The third-order valence-electron chi connectivity index (χ3n) is 2.61. The van der Waals surface area contributed by atoms with E-state index in [4.69, 9.17) is 27.9 Å². The molecule has 0 aromatic heterocycles. The van der Waals surface area contributed by atoms with E-state index in [0.29, 0.717) is 26.0 Å². The van der Waals surface area contributed by atoms with E-state index in [2.05, 4.69) is 20.7 Å². The zero-order valence-corrected chi connectivity index (χ0v) is 14.6. The van der Waals surface area contributed by atoms with Crippen LogP contribution < -0.4 is 9.46 Å². The van der Waals surface area contributed by atoms with Crippen LogP contribution in [0.25, 0.3) is 0 Å². The fourth-order valence-electron chi connectivity index (χ4n) is 1.59. The van der Waals surface area contributed by atoms with E-state index in [1.54, 1.807) is 12.1 Å². The SMILES string of the molecule is COc1ccc(NS(=O)(=O)c2ccc(Cl)c(Br)c2)cc1Cl. The Bertz CT molecular complexity index is 781. The third kappa shape index (κ3) is 3.83. The minimum absolute atomic E-state index is 0.0886. The van der Waals surface area contributed by atoms with Gasteiger partial charge in [0.15, 0.2) is 0 Å². The Kier molecular flexibility index (Phi) is 5.03. The molecule has 2 aromatic rings. The quantitative estimate of drug-likeness (QED) is 0.803. The molecule has 0 fully saturated rings. The van der Waals surface area contributed by atoms with Crippen LogP contribution in [0.4, 0.5) is 5.69 Å². The number of halogens is 3. The number of nitrogens with one attached hydrogen (secondary N) is 1. The molecule has 1 N–H and O–H groups in total. The molecule has 0 heterocycles. The molecule has 2 aromatic carbocycles. The molecule has 2 rings (SSSR count). The summed E-state index contributed by atoms with van der Waals surface area (Å²) < 4.78 is 32.5. The molecule has 8 heteroatoms. The molecule has 21 heavy (non-hydrogen) atoms. The second kappa shape index (κ2) is 6.44. The fourth-order valence-corrected chi connectivity index (χ4v) is 3.57. The third-order valence-corrected chi connectivity index (χ3v) is 5.49. The van der Waals surface area contributed by atoms with Gasteiger partial charge in [0.05, 0.1) is 27.7 Å². The van der Waals surface area contributed by atoms with Gasteiger partial charge in [0.2, 0.25) is 0 Å². The molecule has 0 radical (unpaired) electrons. The predicted octanol–water partition coefficient (Wildman–Crippen LogP) is 4.57. The summed E-state index contributed by atoms with van der Waals surface area (Å²) in [5, 5.41) is 0.747. The van der Waals surface area contributed by atoms with E-state index in [-0.39, 0.29) is 4.90 Å². The first-order valence-corrected chi connectivity index (χ1v) is 8.68. The van der Waals surface area contributed by atoms with Crippen LogP contribution in [0, 0.1) is 0 Å². The molecule has 0 atom stereocenters. The maximum Gasteiger partial charge on any atom is 0.261 e. The number of hydrogen-bond acceptors (Lipinski definition) is 3. The van der Waals surface area contributed by atoms with Gasteiger partial charge in [0.1, 0.15) is 5.75 Å². The van der Waals surface area contributed by atoms with Crippen molar-refractivity contribution in [2.45, 2.75) is 4.90 Å². The van der Waals surface area contributed by atoms with Gasteiger partial charge < -0.3 is 4.74 Å². The molecular weight excluding hydrogens is 401 g/mol. The summed E-state index contributed by atoms with van der Waals surface area (Å²) in [5.41, 5.74) is 0.340. The molecule has 0 spiro atoms. The van der Waals surface area contributed by atoms with Gasteiger partial charge in [-0.25, -0.2) is 8.42 Å². The van der Waals surface area contributed by atoms with Crippen molar-refractivity contribution in [1.82, 2.24) is 0 Å². The number of benzene rings is 2. The van der Waals surface area contributed by atoms with Gasteiger partial charge in [0, 0.05) is 4.47 Å². The van der Waals surface area contributed by atoms with Gasteiger partial charge in [-0.15, -0.1) is 0 Å². The molecule has 0 saturated carbocycles. The Morgan fingerprint density at radius 2 is 1.81 bits per heavy atom. The summed E-state index contributed by atoms with van der Waals surface area (Å²) in [6, 6.07) is 8.96. The summed E-state index contributed by atoms with van der Waals surface area (Å²) in [5.74, 6) is 0.467. The number of sulfonamides is 1. The molecule has 0 bridgehead atoms. The van der Waals surface area contributed by atoms with E-state index in [1.165, 1.54) is 31.4 Å². The zero-order chi connectivity index (χ0) is 15.6. The van der Waals surface area contributed by atoms with Crippen molar-refractivity contribution in [3.63, 3.8) is 0 Å². The first-order chi connectivity index (χ1) is 9.83. The number of hydrogen-bond donors (Lipinski definition) is 1. The van der Waals surface area contributed by atoms with Gasteiger partial charge in [-0.3, -0.25) is 4.72 Å². The van der Waals surface area contributed by atoms with Gasteiger partial charge >= 0.3 is 0 Å². The van der Waals surface area contributed by atoms with Crippen LogP contribution in [0.1, 0.15) is 0 Å². The van der Waals surface area contributed by atoms with Crippen LogP contribution >= 0.6 is 39.1 Å². The van der Waals surface area contributed by atoms with Crippen molar-refractivity contribution in [3.05, 3.63) is 50.9 Å². The largest absolute Gasteiger partial charge is 0.495 e. The van der Waals surface area contributed by atoms with Crippen molar-refractivity contribution in [3.8, 4) is 5.75 Å². The minimum atomic E-state index is -3.73. The molecule has 4 nitrogen and oxygen atoms in total. The van der Waals surface area contributed by atoms with E-state index in [0.717, 1.165) is 0 Å². The van der Waals surface area contributed by atoms with Gasteiger partial charge in [-0.05, 0) is 52.3 Å². The van der Waals surface area contributed by atoms with E-state index in [1.807, 2.05) is 0 Å². The first kappa shape index (κ1) is 16.4. The van der Waals surface area contributed by atoms with Crippen LogP contribution in [0.15, 0.2) is 45.8 Å². The lowest BCUT2D eigenvalue weighted by molar-refractivity contribution is 0.415. The average Bonchev–Trinajstić information content (AvgIpc) is 2.41. The normalized spacial score (nSPS) is 11.2. The van der Waals surface area contributed by atoms with E-state index in [9.17, 15) is 8.42 Å². The zero-order valence-electron chi connectivity index (χ0n) is 10.7. The lowest BCUT2D eigenvalue weighted by Crippen LogP contribution is -2.13. The number of methoxy groups -OCH3 is 1. The topological polar surface area (TPSA) is 55.4 Å². The summed E-state index contributed by atoms with van der Waals surface area (Å²) in [4.78, 5) is 0.0886. The lowest BCUT2D eigenvalue weighted by atomic mass is 10.3. The Morgan fingerprint density at radius 1 is 1.10 bits per heavy atom. The van der Waals surface area contributed by atoms with Crippen LogP contribution in [0.2, 0.25) is 10.0 Å². The first-order valence-electron chi connectivity index (χ1n) is 5.65. The summed E-state index contributed by atoms with van der Waals surface area (Å²) in [7, 11) is -2.24. The van der Waals surface area contributed by atoms with Crippen LogP contribution in [-0.2, 0) is 10.0 Å². The van der Waals surface area contributed by atoms with Crippen molar-refractivity contribution >= 4 is 54.8 Å². The Labute approximate surface area is 141 Å². The summed E-state index contributed by atoms with van der Waals surface area (Å²) in [6.07, 6.45) is 0. The predicted molar refractivity (Wildman–Crippen MR) is 88.0 cm³/mol. The second-order valence-corrected chi connectivity index (χ2v) is 7.38. The highest BCUT2D eigenvalue weighted by Crippen LogP contribution is 2.30. The van der Waals surface area contributed by atoms with Crippen LogP contribution in [0.5, 0.6) is 5.75 Å². The van der Waals surface area contributed by atoms with Crippen LogP contribution in [-0.4, -0.2) is 15.5 Å². The molecule has 0 aliphatic rings. The molecule has 112 valence electrons. The second-order valence-electron chi connectivity index (χ2n) is 4.03. The Balaban J connectivity index is 2.32. The van der Waals surface area contributed by atoms with Gasteiger partial charge in [0.25, 0.3) is 10.0 Å². The number of ether oxygens (including phenoxy) is 1. The molecule has 0 amide bonds. The van der Waals surface area contributed by atoms with Crippen molar-refractivity contribution < 1.29 is 13.2 Å². The van der Waals surface area contributed by atoms with Crippen molar-refractivity contribution in [2.24, 2.45) is 0 Å². The maximum atomic E-state index is 12.3. The smallest absolute Gasteiger partial charge is 0.261 e. The molecular formula is C13H10BrCl2NO3S. The van der Waals surface area contributed by atoms with Gasteiger partial charge in [-0.1, -0.05) is 23.2 Å². The summed E-state index contributed by atoms with van der Waals surface area (Å²) >= 11 is 15.0. The number of rotatable bonds is 4. The molecule has 0 aliphatic heterocycles. The van der Waals surface area contributed by atoms with Crippen molar-refractivity contribution in [2.75, 3.05) is 11.8 Å². The standard InChI is InChI=1S/C13H10BrCl2NO3S/c1-20-13-5-2-8(6-12(13)16)17-21(18,19)9-3-4-11(15)10(14)7-9/h2-7,17H,1H3. The average molecular weight is 411 g/mol. The highest BCUT2D eigenvalue weighted by molar-refractivity contribution is 9.10. The maximum absolute atomic E-state index is 12.3. The van der Waals surface area contributed by atoms with Crippen LogP contribution in [0.3, 0.4) is 0 Å². The van der Waals surface area contributed by atoms with Crippen molar-refractivity contribution in [1.29, 1.82) is 0 Å². The Morgan fingerprint density at radius 3 is 2.38 bits per heavy atom. The van der Waals surface area contributed by atoms with Gasteiger partial charge in [-0.2, -0.15) is 0 Å².